The van der Waals surface area contributed by atoms with E-state index in [0.717, 1.165) is 5.56 Å². The number of hydrogen-bond acceptors (Lipinski definition) is 3. The van der Waals surface area contributed by atoms with Crippen molar-refractivity contribution in [2.75, 3.05) is 13.4 Å². The third-order valence-corrected chi connectivity index (χ3v) is 2.57. The molecule has 0 fully saturated rings. The Morgan fingerprint density at radius 3 is 2.55 bits per heavy atom. The molecule has 1 aromatic carbocycles. The van der Waals surface area contributed by atoms with E-state index < -0.39 is 19.6 Å². The number of ether oxygens (including phenoxy) is 2. The second kappa shape index (κ2) is 7.71. The number of rotatable bonds is 7. The highest BCUT2D eigenvalue weighted by Crippen LogP contribution is 2.25. The predicted octanol–water partition coefficient (Wildman–Crippen LogP) is 3.75. The summed E-state index contributed by atoms with van der Waals surface area (Å²) in [6.07, 6.45) is -4.36. The third kappa shape index (κ3) is 6.98. The van der Waals surface area contributed by atoms with Crippen LogP contribution in [0.15, 0.2) is 18.2 Å². The molecule has 0 spiro atoms. The Hall–Kier alpha value is -0.980. The molecule has 114 valence electrons. The van der Waals surface area contributed by atoms with E-state index in [9.17, 15) is 13.2 Å². The van der Waals surface area contributed by atoms with Gasteiger partial charge in [-0.25, -0.2) is 0 Å². The molecule has 0 saturated carbocycles. The van der Waals surface area contributed by atoms with Gasteiger partial charge in [0.05, 0.1) is 5.02 Å². The average molecular weight is 312 g/mol. The summed E-state index contributed by atoms with van der Waals surface area (Å²) in [6, 6.07) is 5.45. The summed E-state index contributed by atoms with van der Waals surface area (Å²) in [4.78, 5) is 0. The molecular formula is C13H17ClF3NO2. The number of hydrogen-bond donors (Lipinski definition) is 1. The van der Waals surface area contributed by atoms with Gasteiger partial charge in [-0.2, -0.15) is 13.2 Å². The largest absolute Gasteiger partial charge is 0.466 e. The van der Waals surface area contributed by atoms with Gasteiger partial charge in [-0.05, 0) is 17.7 Å². The Labute approximate surface area is 121 Å². The molecule has 7 heteroatoms. The summed E-state index contributed by atoms with van der Waals surface area (Å²) in [5, 5.41) is 3.56. The van der Waals surface area contributed by atoms with E-state index in [-0.39, 0.29) is 0 Å². The van der Waals surface area contributed by atoms with Crippen molar-refractivity contribution < 1.29 is 22.6 Å². The summed E-state index contributed by atoms with van der Waals surface area (Å²) in [5.74, 6) is 0.294. The van der Waals surface area contributed by atoms with Crippen LogP contribution < -0.4 is 10.1 Å². The molecule has 0 atom stereocenters. The molecule has 0 saturated heterocycles. The molecule has 0 aromatic heterocycles. The van der Waals surface area contributed by atoms with Gasteiger partial charge in [-0.15, -0.1) is 0 Å². The zero-order valence-electron chi connectivity index (χ0n) is 11.3. The Bertz CT molecular complexity index is 425. The van der Waals surface area contributed by atoms with Crippen LogP contribution in [0.3, 0.4) is 0 Å². The van der Waals surface area contributed by atoms with Crippen LogP contribution in [0.25, 0.3) is 0 Å². The van der Waals surface area contributed by atoms with E-state index >= 15 is 0 Å². The summed E-state index contributed by atoms with van der Waals surface area (Å²) >= 11 is 5.98. The number of benzene rings is 1. The molecule has 1 aromatic rings. The van der Waals surface area contributed by atoms with Gasteiger partial charge in [0.1, 0.15) is 12.4 Å². The number of alkyl halides is 3. The van der Waals surface area contributed by atoms with Gasteiger partial charge in [0.2, 0.25) is 0 Å². The van der Waals surface area contributed by atoms with Crippen molar-refractivity contribution in [1.82, 2.24) is 5.32 Å². The van der Waals surface area contributed by atoms with Crippen molar-refractivity contribution >= 4 is 11.6 Å². The van der Waals surface area contributed by atoms with Crippen LogP contribution in [-0.2, 0) is 11.3 Å². The van der Waals surface area contributed by atoms with Gasteiger partial charge < -0.3 is 14.8 Å². The van der Waals surface area contributed by atoms with Crippen LogP contribution in [0.2, 0.25) is 5.02 Å². The van der Waals surface area contributed by atoms with Gasteiger partial charge >= 0.3 is 6.18 Å². The molecule has 0 aliphatic heterocycles. The van der Waals surface area contributed by atoms with Crippen molar-refractivity contribution in [2.45, 2.75) is 32.6 Å². The molecule has 0 heterocycles. The summed E-state index contributed by atoms with van der Waals surface area (Å²) in [6.45, 7) is 2.86. The minimum Gasteiger partial charge on any atom is -0.466 e. The Morgan fingerprint density at radius 2 is 2.00 bits per heavy atom. The molecule has 0 aliphatic carbocycles. The van der Waals surface area contributed by atoms with Gasteiger partial charge in [-0.3, -0.25) is 0 Å². The molecule has 0 amide bonds. The van der Waals surface area contributed by atoms with Gasteiger partial charge in [-0.1, -0.05) is 31.5 Å². The highest BCUT2D eigenvalue weighted by molar-refractivity contribution is 6.32. The van der Waals surface area contributed by atoms with Gasteiger partial charge in [0.15, 0.2) is 6.79 Å². The Kier molecular flexibility index (Phi) is 6.58. The minimum atomic E-state index is -4.36. The normalized spacial score (nSPS) is 11.9. The van der Waals surface area contributed by atoms with Crippen LogP contribution in [0.4, 0.5) is 13.2 Å². The quantitative estimate of drug-likeness (QED) is 0.614. The Morgan fingerprint density at radius 1 is 1.30 bits per heavy atom. The monoisotopic (exact) mass is 311 g/mol. The van der Waals surface area contributed by atoms with Gasteiger partial charge in [0, 0.05) is 12.6 Å². The molecule has 0 bridgehead atoms. The molecule has 0 radical (unpaired) electrons. The van der Waals surface area contributed by atoms with Crippen molar-refractivity contribution in [3.8, 4) is 5.75 Å². The molecule has 0 unspecified atom stereocenters. The fourth-order valence-electron chi connectivity index (χ4n) is 1.36. The van der Waals surface area contributed by atoms with E-state index in [4.69, 9.17) is 16.3 Å². The first kappa shape index (κ1) is 17.1. The lowest BCUT2D eigenvalue weighted by atomic mass is 10.2. The zero-order chi connectivity index (χ0) is 15.2. The first-order chi connectivity index (χ1) is 9.28. The first-order valence-corrected chi connectivity index (χ1v) is 6.45. The van der Waals surface area contributed by atoms with Crippen LogP contribution in [-0.4, -0.2) is 25.6 Å². The van der Waals surface area contributed by atoms with Crippen molar-refractivity contribution in [1.29, 1.82) is 0 Å². The molecule has 3 nitrogen and oxygen atoms in total. The van der Waals surface area contributed by atoms with Crippen LogP contribution >= 0.6 is 11.6 Å². The molecule has 0 aliphatic rings. The van der Waals surface area contributed by atoms with Crippen molar-refractivity contribution in [3.63, 3.8) is 0 Å². The average Bonchev–Trinajstić information content (AvgIpc) is 2.32. The minimum absolute atomic E-state index is 0.294. The summed E-state index contributed by atoms with van der Waals surface area (Å²) in [7, 11) is 0. The zero-order valence-corrected chi connectivity index (χ0v) is 12.0. The third-order valence-electron chi connectivity index (χ3n) is 2.27. The van der Waals surface area contributed by atoms with Crippen LogP contribution in [0.5, 0.6) is 5.75 Å². The van der Waals surface area contributed by atoms with Crippen molar-refractivity contribution in [3.05, 3.63) is 28.8 Å². The maximum absolute atomic E-state index is 11.9. The first-order valence-electron chi connectivity index (χ1n) is 6.07. The second-order valence-corrected chi connectivity index (χ2v) is 4.93. The summed E-state index contributed by atoms with van der Waals surface area (Å²) in [5.41, 5.74) is 0.965. The maximum atomic E-state index is 11.9. The lowest BCUT2D eigenvalue weighted by Gasteiger charge is -2.12. The number of halogens is 4. The lowest BCUT2D eigenvalue weighted by molar-refractivity contribution is -0.186. The smallest absolute Gasteiger partial charge is 0.411 e. The van der Waals surface area contributed by atoms with E-state index in [2.05, 4.69) is 10.1 Å². The van der Waals surface area contributed by atoms with Crippen LogP contribution in [0, 0.1) is 0 Å². The fourth-order valence-corrected chi connectivity index (χ4v) is 1.61. The second-order valence-electron chi connectivity index (χ2n) is 4.53. The van der Waals surface area contributed by atoms with E-state index in [1.54, 1.807) is 18.2 Å². The highest BCUT2D eigenvalue weighted by atomic mass is 35.5. The SMILES string of the molecule is CC(C)NCc1ccc(OCOCC(F)(F)F)c(Cl)c1. The van der Waals surface area contributed by atoms with E-state index in [1.807, 2.05) is 13.8 Å². The summed E-state index contributed by atoms with van der Waals surface area (Å²) < 4.78 is 44.9. The van der Waals surface area contributed by atoms with Crippen LogP contribution in [0.1, 0.15) is 19.4 Å². The maximum Gasteiger partial charge on any atom is 0.411 e. The predicted molar refractivity (Wildman–Crippen MR) is 70.9 cm³/mol. The van der Waals surface area contributed by atoms with Crippen molar-refractivity contribution in [2.24, 2.45) is 0 Å². The van der Waals surface area contributed by atoms with Gasteiger partial charge in [0.25, 0.3) is 0 Å². The van der Waals surface area contributed by atoms with E-state index in [1.165, 1.54) is 0 Å². The fraction of sp³-hybridized carbons (Fsp3) is 0.538. The molecule has 1 N–H and O–H groups in total. The Balaban J connectivity index is 2.43. The van der Waals surface area contributed by atoms with E-state index in [0.29, 0.717) is 23.4 Å². The lowest BCUT2D eigenvalue weighted by Crippen LogP contribution is -2.21. The topological polar surface area (TPSA) is 30.5 Å². The molecule has 1 rings (SSSR count). The molecule has 20 heavy (non-hydrogen) atoms. The highest BCUT2D eigenvalue weighted by Gasteiger charge is 2.27. The molecular weight excluding hydrogens is 295 g/mol. The standard InChI is InChI=1S/C13H17ClF3NO2/c1-9(2)18-6-10-3-4-12(11(14)5-10)20-8-19-7-13(15,16)17/h3-5,9,18H,6-8H2,1-2H3. The number of nitrogens with one attached hydrogen (secondary N) is 1.